The van der Waals surface area contributed by atoms with E-state index in [0.29, 0.717) is 18.4 Å². The van der Waals surface area contributed by atoms with Crippen LogP contribution in [0.15, 0.2) is 24.3 Å². The molecule has 0 amide bonds. The first-order valence-corrected chi connectivity index (χ1v) is 4.15. The Bertz CT molecular complexity index is 283. The van der Waals surface area contributed by atoms with E-state index < -0.39 is 12.3 Å². The summed E-state index contributed by atoms with van der Waals surface area (Å²) in [6.45, 7) is 0. The smallest absolute Gasteiger partial charge is 0.156 e. The minimum Gasteiger partial charge on any atom is -0.244 e. The van der Waals surface area contributed by atoms with Crippen LogP contribution < -0.4 is 0 Å². The van der Waals surface area contributed by atoms with Crippen LogP contribution in [0.2, 0.25) is 0 Å². The summed E-state index contributed by atoms with van der Waals surface area (Å²) in [6.07, 6.45) is -1.73. The fourth-order valence-electron chi connectivity index (χ4n) is 1.67. The molecule has 2 rings (SSSR count). The topological polar surface area (TPSA) is 0 Å². The first-order valence-electron chi connectivity index (χ1n) is 4.15. The third kappa shape index (κ3) is 1.11. The zero-order valence-electron chi connectivity index (χ0n) is 6.63. The van der Waals surface area contributed by atoms with Gasteiger partial charge in [0.2, 0.25) is 0 Å². The molecule has 0 bridgehead atoms. The van der Waals surface area contributed by atoms with Crippen LogP contribution in [0.25, 0.3) is 0 Å². The van der Waals surface area contributed by atoms with Gasteiger partial charge < -0.3 is 0 Å². The minimum atomic E-state index is -1.41. The summed E-state index contributed by atoms with van der Waals surface area (Å²) in [6, 6.07) is 7.16. The van der Waals surface area contributed by atoms with Crippen LogP contribution in [-0.2, 0) is 6.42 Å². The number of hydrogen-bond acceptors (Lipinski definition) is 0. The summed E-state index contributed by atoms with van der Waals surface area (Å²) >= 11 is 0. The molecule has 0 aliphatic heterocycles. The Labute approximate surface area is 70.2 Å². The Hall–Kier alpha value is -0.920. The molecule has 0 spiro atoms. The lowest BCUT2D eigenvalue weighted by molar-refractivity contribution is 0.148. The molecule has 64 valence electrons. The molecular formula is C10H10F2. The summed E-state index contributed by atoms with van der Waals surface area (Å²) in [5.74, 6) is 0. The molecule has 0 nitrogen and oxygen atoms in total. The van der Waals surface area contributed by atoms with Gasteiger partial charge in [0.1, 0.15) is 6.17 Å². The SMILES string of the molecule is FC1CCc2ccccc2C1F. The fourth-order valence-corrected chi connectivity index (χ4v) is 1.67. The van der Waals surface area contributed by atoms with Crippen molar-refractivity contribution in [3.8, 4) is 0 Å². The van der Waals surface area contributed by atoms with Gasteiger partial charge in [-0.1, -0.05) is 24.3 Å². The maximum atomic E-state index is 13.2. The number of aryl methyl sites for hydroxylation is 1. The second-order valence-electron chi connectivity index (χ2n) is 3.16. The fraction of sp³-hybridized carbons (Fsp3) is 0.400. The molecule has 2 unspecified atom stereocenters. The molecule has 2 atom stereocenters. The molecule has 1 aliphatic rings. The van der Waals surface area contributed by atoms with Crippen LogP contribution in [0.5, 0.6) is 0 Å². The lowest BCUT2D eigenvalue weighted by atomic mass is 9.89. The Kier molecular flexibility index (Phi) is 1.83. The summed E-state index contributed by atoms with van der Waals surface area (Å²) in [5.41, 5.74) is 1.50. The second-order valence-corrected chi connectivity index (χ2v) is 3.16. The number of alkyl halides is 2. The lowest BCUT2D eigenvalue weighted by Gasteiger charge is -2.22. The van der Waals surface area contributed by atoms with Crippen LogP contribution in [0, 0.1) is 0 Å². The molecule has 0 N–H and O–H groups in total. The van der Waals surface area contributed by atoms with Crippen molar-refractivity contribution in [1.82, 2.24) is 0 Å². The third-order valence-corrected chi connectivity index (χ3v) is 2.36. The molecule has 0 saturated heterocycles. The number of benzene rings is 1. The van der Waals surface area contributed by atoms with Gasteiger partial charge in [-0.2, -0.15) is 0 Å². The highest BCUT2D eigenvalue weighted by Crippen LogP contribution is 2.34. The van der Waals surface area contributed by atoms with Crippen molar-refractivity contribution in [2.45, 2.75) is 25.2 Å². The predicted octanol–water partition coefficient (Wildman–Crippen LogP) is 2.98. The third-order valence-electron chi connectivity index (χ3n) is 2.36. The molecule has 1 aliphatic carbocycles. The summed E-state index contributed by atoms with van der Waals surface area (Å²) in [4.78, 5) is 0. The Morgan fingerprint density at radius 1 is 1.17 bits per heavy atom. The highest BCUT2D eigenvalue weighted by Gasteiger charge is 2.28. The van der Waals surface area contributed by atoms with E-state index in [1.165, 1.54) is 0 Å². The first kappa shape index (κ1) is 7.71. The van der Waals surface area contributed by atoms with Crippen LogP contribution in [-0.4, -0.2) is 6.17 Å². The van der Waals surface area contributed by atoms with Crippen molar-refractivity contribution < 1.29 is 8.78 Å². The Morgan fingerprint density at radius 2 is 1.92 bits per heavy atom. The Balaban J connectivity index is 2.42. The summed E-state index contributed by atoms with van der Waals surface area (Å²) in [5, 5.41) is 0. The van der Waals surface area contributed by atoms with Crippen molar-refractivity contribution in [1.29, 1.82) is 0 Å². The molecule has 12 heavy (non-hydrogen) atoms. The zero-order chi connectivity index (χ0) is 8.55. The van der Waals surface area contributed by atoms with Crippen molar-refractivity contribution >= 4 is 0 Å². The van der Waals surface area contributed by atoms with Gasteiger partial charge in [-0.25, -0.2) is 8.78 Å². The van der Waals surface area contributed by atoms with E-state index in [0.717, 1.165) is 5.56 Å². The van der Waals surface area contributed by atoms with Crippen molar-refractivity contribution in [2.75, 3.05) is 0 Å². The molecule has 0 heterocycles. The molecule has 0 aromatic heterocycles. The van der Waals surface area contributed by atoms with E-state index >= 15 is 0 Å². The second kappa shape index (κ2) is 2.85. The zero-order valence-corrected chi connectivity index (χ0v) is 6.63. The van der Waals surface area contributed by atoms with Crippen LogP contribution in [0.1, 0.15) is 23.7 Å². The number of fused-ring (bicyclic) bond motifs is 1. The monoisotopic (exact) mass is 168 g/mol. The van der Waals surface area contributed by atoms with Crippen LogP contribution in [0.3, 0.4) is 0 Å². The average molecular weight is 168 g/mol. The van der Waals surface area contributed by atoms with Gasteiger partial charge >= 0.3 is 0 Å². The van der Waals surface area contributed by atoms with E-state index in [4.69, 9.17) is 0 Å². The minimum absolute atomic E-state index is 0.318. The molecule has 0 radical (unpaired) electrons. The van der Waals surface area contributed by atoms with Gasteiger partial charge in [-0.05, 0) is 24.0 Å². The summed E-state index contributed by atoms with van der Waals surface area (Å²) in [7, 11) is 0. The van der Waals surface area contributed by atoms with Gasteiger partial charge in [0, 0.05) is 0 Å². The van der Waals surface area contributed by atoms with Crippen LogP contribution >= 0.6 is 0 Å². The van der Waals surface area contributed by atoms with Gasteiger partial charge in [-0.15, -0.1) is 0 Å². The highest BCUT2D eigenvalue weighted by atomic mass is 19.2. The van der Waals surface area contributed by atoms with E-state index in [1.807, 2.05) is 12.1 Å². The number of halogens is 2. The Morgan fingerprint density at radius 3 is 2.75 bits per heavy atom. The van der Waals surface area contributed by atoms with E-state index in [9.17, 15) is 8.78 Å². The molecular weight excluding hydrogens is 158 g/mol. The largest absolute Gasteiger partial charge is 0.244 e. The highest BCUT2D eigenvalue weighted by molar-refractivity contribution is 5.32. The molecule has 1 aromatic carbocycles. The molecule has 0 saturated carbocycles. The molecule has 0 fully saturated rings. The van der Waals surface area contributed by atoms with Crippen molar-refractivity contribution in [3.63, 3.8) is 0 Å². The quantitative estimate of drug-likeness (QED) is 0.558. The lowest BCUT2D eigenvalue weighted by Crippen LogP contribution is -2.18. The molecule has 1 aromatic rings. The average Bonchev–Trinajstić information content (AvgIpc) is 2.12. The van der Waals surface area contributed by atoms with E-state index in [-0.39, 0.29) is 0 Å². The van der Waals surface area contributed by atoms with Crippen molar-refractivity contribution in [2.24, 2.45) is 0 Å². The van der Waals surface area contributed by atoms with Gasteiger partial charge in [-0.3, -0.25) is 0 Å². The maximum absolute atomic E-state index is 13.2. The standard InChI is InChI=1S/C10H10F2/c11-9-6-5-7-3-1-2-4-8(7)10(9)12/h1-4,9-10H,5-6H2. The number of hydrogen-bond donors (Lipinski definition) is 0. The van der Waals surface area contributed by atoms with Crippen LogP contribution in [0.4, 0.5) is 8.78 Å². The maximum Gasteiger partial charge on any atom is 0.156 e. The first-order chi connectivity index (χ1) is 5.79. The summed E-state index contributed by atoms with van der Waals surface area (Å²) < 4.78 is 26.1. The van der Waals surface area contributed by atoms with Crippen molar-refractivity contribution in [3.05, 3.63) is 35.4 Å². The van der Waals surface area contributed by atoms with E-state index in [2.05, 4.69) is 0 Å². The molecule has 2 heteroatoms. The van der Waals surface area contributed by atoms with Gasteiger partial charge in [0.05, 0.1) is 0 Å². The number of rotatable bonds is 0. The predicted molar refractivity (Wildman–Crippen MR) is 43.5 cm³/mol. The normalized spacial score (nSPS) is 28.2. The van der Waals surface area contributed by atoms with Gasteiger partial charge in [0.25, 0.3) is 0 Å². The van der Waals surface area contributed by atoms with E-state index in [1.54, 1.807) is 12.1 Å². The van der Waals surface area contributed by atoms with Gasteiger partial charge in [0.15, 0.2) is 6.17 Å².